The number of benzene rings is 1. The van der Waals surface area contributed by atoms with E-state index in [1.165, 1.54) is 0 Å². The number of hydrogen-bond acceptors (Lipinski definition) is 4. The molecule has 0 aliphatic carbocycles. The first-order valence-corrected chi connectivity index (χ1v) is 10.3. The molecule has 2 saturated heterocycles. The molecule has 4 N–H and O–H groups in total. The van der Waals surface area contributed by atoms with E-state index in [1.54, 1.807) is 36.0 Å². The monoisotopic (exact) mass is 406 g/mol. The number of fused-ring (bicyclic) bond motifs is 4. The summed E-state index contributed by atoms with van der Waals surface area (Å²) < 4.78 is 0. The number of anilines is 1. The lowest BCUT2D eigenvalue weighted by Gasteiger charge is -2.47. The average Bonchev–Trinajstić information content (AvgIpc) is 3.04. The predicted molar refractivity (Wildman–Crippen MR) is 109 cm³/mol. The van der Waals surface area contributed by atoms with Crippen molar-refractivity contribution in [1.82, 2.24) is 10.2 Å². The van der Waals surface area contributed by atoms with Gasteiger partial charge in [-0.2, -0.15) is 0 Å². The van der Waals surface area contributed by atoms with Crippen LogP contribution >= 0.6 is 23.4 Å². The van der Waals surface area contributed by atoms with Gasteiger partial charge in [-0.05, 0) is 50.6 Å². The molecule has 8 heteroatoms. The summed E-state index contributed by atoms with van der Waals surface area (Å²) in [5.74, 6) is -0.451. The minimum Gasteiger partial charge on any atom is -0.366 e. The molecule has 0 aromatic heterocycles. The second kappa shape index (κ2) is 6.72. The number of nitrogens with zero attached hydrogens (tertiary/aromatic N) is 1. The summed E-state index contributed by atoms with van der Waals surface area (Å²) in [4.78, 5) is 27.3. The van der Waals surface area contributed by atoms with Crippen molar-refractivity contribution in [3.63, 3.8) is 0 Å². The molecule has 3 aliphatic rings. The van der Waals surface area contributed by atoms with Gasteiger partial charge in [-0.3, -0.25) is 9.69 Å². The van der Waals surface area contributed by atoms with Crippen LogP contribution in [0.25, 0.3) is 0 Å². The number of piperidine rings is 1. The van der Waals surface area contributed by atoms with Crippen LogP contribution in [0.5, 0.6) is 0 Å². The van der Waals surface area contributed by atoms with Crippen LogP contribution in [0.1, 0.15) is 26.2 Å². The smallest absolute Gasteiger partial charge is 0.324 e. The van der Waals surface area contributed by atoms with Crippen LogP contribution in [0.3, 0.4) is 0 Å². The van der Waals surface area contributed by atoms with E-state index >= 15 is 0 Å². The largest absolute Gasteiger partial charge is 0.366 e. The zero-order valence-electron chi connectivity index (χ0n) is 15.3. The van der Waals surface area contributed by atoms with E-state index in [1.807, 2.05) is 0 Å². The highest BCUT2D eigenvalue weighted by Crippen LogP contribution is 2.60. The van der Waals surface area contributed by atoms with E-state index in [0.717, 1.165) is 19.3 Å². The third kappa shape index (κ3) is 3.02. The molecule has 6 nitrogen and oxygen atoms in total. The molecular weight excluding hydrogens is 384 g/mol. The summed E-state index contributed by atoms with van der Waals surface area (Å²) >= 11 is 7.45. The second-order valence-corrected chi connectivity index (χ2v) is 9.34. The maximum absolute atomic E-state index is 12.5. The lowest BCUT2D eigenvalue weighted by Crippen LogP contribution is -2.55. The molecule has 0 radical (unpaired) electrons. The molecule has 1 aromatic rings. The normalized spacial score (nSPS) is 32.3. The summed E-state index contributed by atoms with van der Waals surface area (Å²) in [5, 5.41) is 7.08. The fourth-order valence-electron chi connectivity index (χ4n) is 4.94. The van der Waals surface area contributed by atoms with Crippen LogP contribution in [-0.4, -0.2) is 41.2 Å². The van der Waals surface area contributed by atoms with Gasteiger partial charge in [0.2, 0.25) is 5.91 Å². The molecule has 2 bridgehead atoms. The fraction of sp³-hybridized carbons (Fsp3) is 0.474. The number of rotatable bonds is 3. The average molecular weight is 407 g/mol. The van der Waals surface area contributed by atoms with Crippen LogP contribution in [0.4, 0.5) is 10.5 Å². The Morgan fingerprint density at radius 2 is 1.96 bits per heavy atom. The van der Waals surface area contributed by atoms with Gasteiger partial charge in [0.05, 0.1) is 10.6 Å². The second-order valence-electron chi connectivity index (χ2n) is 7.69. The Bertz CT molecular complexity index is 828. The molecule has 0 saturated carbocycles. The highest BCUT2D eigenvalue weighted by Gasteiger charge is 2.60. The van der Waals surface area contributed by atoms with Gasteiger partial charge in [0, 0.05) is 33.5 Å². The third-order valence-corrected chi connectivity index (χ3v) is 8.05. The zero-order valence-corrected chi connectivity index (χ0v) is 16.9. The Balaban J connectivity index is 1.59. The topological polar surface area (TPSA) is 87.5 Å². The molecule has 1 aromatic carbocycles. The first kappa shape index (κ1) is 18.7. The number of carbonyl (C=O) groups excluding carboxylic acids is 2. The van der Waals surface area contributed by atoms with E-state index in [0.29, 0.717) is 27.4 Å². The Morgan fingerprint density at radius 1 is 1.26 bits per heavy atom. The third-order valence-electron chi connectivity index (χ3n) is 6.29. The summed E-state index contributed by atoms with van der Waals surface area (Å²) in [5.41, 5.74) is 6.62. The zero-order chi connectivity index (χ0) is 19.3. The van der Waals surface area contributed by atoms with Gasteiger partial charge in [0.25, 0.3) is 0 Å². The number of primary amides is 1. The van der Waals surface area contributed by atoms with Crippen molar-refractivity contribution in [3.05, 3.63) is 39.9 Å². The van der Waals surface area contributed by atoms with Crippen molar-refractivity contribution in [1.29, 1.82) is 0 Å². The standard InChI is InChI=1S/C19H23ClN4O2S/c1-19-13-8-7-12(24(13)2)9-14(19)27-17(15(19)16(21)25)23-18(26)22-11-5-3-10(20)4-6-11/h3-6,12-14H,7-9H2,1-2H3,(H2,21,25)(H2,22,23,26)/t12?,13?,14-,19?/m0/s1. The van der Waals surface area contributed by atoms with Gasteiger partial charge in [-0.25, -0.2) is 4.79 Å². The van der Waals surface area contributed by atoms with Crippen molar-refractivity contribution in [3.8, 4) is 0 Å². The van der Waals surface area contributed by atoms with E-state index in [9.17, 15) is 9.59 Å². The molecule has 2 fully saturated rings. The Morgan fingerprint density at radius 3 is 2.63 bits per heavy atom. The van der Waals surface area contributed by atoms with Crippen LogP contribution < -0.4 is 16.4 Å². The first-order chi connectivity index (χ1) is 12.8. The minimum absolute atomic E-state index is 0.250. The molecule has 4 atom stereocenters. The van der Waals surface area contributed by atoms with E-state index < -0.39 is 5.91 Å². The van der Waals surface area contributed by atoms with E-state index in [-0.39, 0.29) is 22.7 Å². The van der Waals surface area contributed by atoms with Gasteiger partial charge in [-0.1, -0.05) is 18.5 Å². The predicted octanol–water partition coefficient (Wildman–Crippen LogP) is 3.15. The van der Waals surface area contributed by atoms with Gasteiger partial charge in [-0.15, -0.1) is 11.8 Å². The summed E-state index contributed by atoms with van der Waals surface area (Å²) in [7, 11) is 2.13. The molecule has 144 valence electrons. The number of halogens is 1. The van der Waals surface area contributed by atoms with E-state index in [2.05, 4.69) is 29.5 Å². The first-order valence-electron chi connectivity index (χ1n) is 9.07. The number of amides is 3. The number of urea groups is 1. The highest BCUT2D eigenvalue weighted by atomic mass is 35.5. The van der Waals surface area contributed by atoms with Gasteiger partial charge in [0.15, 0.2) is 0 Å². The molecule has 0 spiro atoms. The molecule has 4 rings (SSSR count). The molecule has 3 aliphatic heterocycles. The number of carbonyl (C=O) groups is 2. The van der Waals surface area contributed by atoms with Crippen LogP contribution in [-0.2, 0) is 4.79 Å². The van der Waals surface area contributed by atoms with Gasteiger partial charge >= 0.3 is 6.03 Å². The maximum atomic E-state index is 12.5. The summed E-state index contributed by atoms with van der Waals surface area (Å²) in [6, 6.07) is 7.28. The van der Waals surface area contributed by atoms with Gasteiger partial charge < -0.3 is 16.4 Å². The Labute approximate surface area is 167 Å². The van der Waals surface area contributed by atoms with Crippen LogP contribution in [0, 0.1) is 5.41 Å². The number of nitrogens with two attached hydrogens (primary N) is 1. The Kier molecular flexibility index (Phi) is 4.64. The molecule has 27 heavy (non-hydrogen) atoms. The summed E-state index contributed by atoms with van der Waals surface area (Å²) in [6.07, 6.45) is 3.20. The number of nitrogens with one attached hydrogen (secondary N) is 2. The molecule has 3 amide bonds. The number of thioether (sulfide) groups is 1. The van der Waals surface area contributed by atoms with Crippen molar-refractivity contribution in [2.45, 2.75) is 43.5 Å². The molecule has 3 heterocycles. The van der Waals surface area contributed by atoms with Crippen molar-refractivity contribution in [2.75, 3.05) is 12.4 Å². The quantitative estimate of drug-likeness (QED) is 0.719. The van der Waals surface area contributed by atoms with Gasteiger partial charge in [0.1, 0.15) is 0 Å². The minimum atomic E-state index is -0.451. The summed E-state index contributed by atoms with van der Waals surface area (Å²) in [6.45, 7) is 2.12. The highest BCUT2D eigenvalue weighted by molar-refractivity contribution is 8.04. The molecule has 3 unspecified atom stereocenters. The maximum Gasteiger partial charge on any atom is 0.324 e. The number of hydrogen-bond donors (Lipinski definition) is 3. The van der Waals surface area contributed by atoms with E-state index in [4.69, 9.17) is 17.3 Å². The van der Waals surface area contributed by atoms with Crippen molar-refractivity contribution < 1.29 is 9.59 Å². The van der Waals surface area contributed by atoms with Crippen LogP contribution in [0.15, 0.2) is 34.9 Å². The SMILES string of the molecule is CN1C2CCC1C1(C)C(C(N)=O)=C(NC(=O)Nc3ccc(Cl)cc3)S[C@H]1C2. The molecular formula is C19H23ClN4O2S. The van der Waals surface area contributed by atoms with Crippen molar-refractivity contribution in [2.24, 2.45) is 11.1 Å². The lowest BCUT2D eigenvalue weighted by atomic mass is 9.69. The lowest BCUT2D eigenvalue weighted by molar-refractivity contribution is -0.116. The Hall–Kier alpha value is -1.70. The van der Waals surface area contributed by atoms with Crippen molar-refractivity contribution >= 4 is 41.0 Å². The fourth-order valence-corrected chi connectivity index (χ4v) is 6.78. The van der Waals surface area contributed by atoms with Crippen LogP contribution in [0.2, 0.25) is 5.02 Å².